The largest absolute Gasteiger partial charge is 0.353 e. The molecule has 1 unspecified atom stereocenters. The van der Waals surface area contributed by atoms with Crippen LogP contribution in [0.3, 0.4) is 0 Å². The lowest BCUT2D eigenvalue weighted by Gasteiger charge is -2.34. The standard InChI is InChI=1S/C26H39ClN4O2/c27-23-10-4-3-9-22(23)24(30-13-7-8-14-30)19-28-25(32)20-29-17-11-21(12-18-29)26(33)31-15-5-1-2-6-16-31/h3-4,9-10,21,24H,1-2,5-8,11-20H2,(H,28,32). The highest BCUT2D eigenvalue weighted by atomic mass is 35.5. The lowest BCUT2D eigenvalue weighted by atomic mass is 9.95. The Balaban J connectivity index is 1.24. The number of hydrogen-bond acceptors (Lipinski definition) is 4. The summed E-state index contributed by atoms with van der Waals surface area (Å²) in [5.74, 6) is 0.528. The minimum Gasteiger partial charge on any atom is -0.353 e. The zero-order valence-electron chi connectivity index (χ0n) is 19.8. The van der Waals surface area contributed by atoms with E-state index in [2.05, 4.69) is 26.1 Å². The minimum atomic E-state index is 0.0588. The fraction of sp³-hybridized carbons (Fsp3) is 0.692. The van der Waals surface area contributed by atoms with Crippen LogP contribution < -0.4 is 5.32 Å². The molecule has 1 N–H and O–H groups in total. The van der Waals surface area contributed by atoms with Gasteiger partial charge in [-0.05, 0) is 76.3 Å². The molecule has 6 nitrogen and oxygen atoms in total. The maximum absolute atomic E-state index is 12.9. The van der Waals surface area contributed by atoms with Crippen LogP contribution in [0.25, 0.3) is 0 Å². The third-order valence-corrected chi connectivity index (χ3v) is 7.90. The number of carbonyl (C=O) groups is 2. The Hall–Kier alpha value is -1.63. The van der Waals surface area contributed by atoms with Gasteiger partial charge in [0, 0.05) is 30.6 Å². The van der Waals surface area contributed by atoms with E-state index in [-0.39, 0.29) is 17.9 Å². The Bertz CT molecular complexity index is 782. The molecule has 3 fully saturated rings. The summed E-state index contributed by atoms with van der Waals surface area (Å²) in [6.07, 6.45) is 8.87. The van der Waals surface area contributed by atoms with Crippen molar-refractivity contribution in [1.82, 2.24) is 20.0 Å². The molecule has 3 saturated heterocycles. The molecular formula is C26H39ClN4O2. The Morgan fingerprint density at radius 2 is 1.55 bits per heavy atom. The van der Waals surface area contributed by atoms with Crippen LogP contribution in [-0.2, 0) is 9.59 Å². The number of hydrogen-bond donors (Lipinski definition) is 1. The molecule has 0 aliphatic carbocycles. The molecule has 1 atom stereocenters. The molecule has 1 aromatic carbocycles. The van der Waals surface area contributed by atoms with E-state index in [0.29, 0.717) is 19.0 Å². The van der Waals surface area contributed by atoms with Crippen LogP contribution in [0.5, 0.6) is 0 Å². The summed E-state index contributed by atoms with van der Waals surface area (Å²) in [6.45, 7) is 6.55. The van der Waals surface area contributed by atoms with E-state index in [4.69, 9.17) is 11.6 Å². The summed E-state index contributed by atoms with van der Waals surface area (Å²) < 4.78 is 0. The predicted octanol–water partition coefficient (Wildman–Crippen LogP) is 3.71. The second kappa shape index (κ2) is 12.2. The number of piperidine rings is 1. The first-order chi connectivity index (χ1) is 16.1. The third-order valence-electron chi connectivity index (χ3n) is 7.56. The molecule has 0 saturated carbocycles. The van der Waals surface area contributed by atoms with Crippen molar-refractivity contribution in [3.05, 3.63) is 34.9 Å². The van der Waals surface area contributed by atoms with Gasteiger partial charge < -0.3 is 10.2 Å². The summed E-state index contributed by atoms with van der Waals surface area (Å²) in [5.41, 5.74) is 1.09. The smallest absolute Gasteiger partial charge is 0.234 e. The first-order valence-corrected chi connectivity index (χ1v) is 13.3. The quantitative estimate of drug-likeness (QED) is 0.654. The van der Waals surface area contributed by atoms with Crippen molar-refractivity contribution < 1.29 is 9.59 Å². The second-order valence-corrected chi connectivity index (χ2v) is 10.3. The van der Waals surface area contributed by atoms with Crippen LogP contribution in [0.1, 0.15) is 63.0 Å². The molecule has 0 spiro atoms. The van der Waals surface area contributed by atoms with Gasteiger partial charge in [-0.25, -0.2) is 0 Å². The van der Waals surface area contributed by atoms with Gasteiger partial charge in [-0.1, -0.05) is 42.6 Å². The van der Waals surface area contributed by atoms with Crippen LogP contribution in [0.15, 0.2) is 24.3 Å². The van der Waals surface area contributed by atoms with E-state index in [9.17, 15) is 9.59 Å². The van der Waals surface area contributed by atoms with Crippen molar-refractivity contribution in [2.45, 2.75) is 57.4 Å². The number of benzene rings is 1. The first kappa shape index (κ1) is 24.5. The fourth-order valence-electron chi connectivity index (χ4n) is 5.59. The van der Waals surface area contributed by atoms with Gasteiger partial charge in [0.25, 0.3) is 0 Å². The average molecular weight is 475 g/mol. The SMILES string of the molecule is O=C(CN1CCC(C(=O)N2CCCCCC2)CC1)NCC(c1ccccc1Cl)N1CCCC1. The van der Waals surface area contributed by atoms with Crippen LogP contribution >= 0.6 is 11.6 Å². The van der Waals surface area contributed by atoms with Crippen molar-refractivity contribution in [2.24, 2.45) is 5.92 Å². The molecule has 0 bridgehead atoms. The van der Waals surface area contributed by atoms with E-state index >= 15 is 0 Å². The third kappa shape index (κ3) is 6.71. The topological polar surface area (TPSA) is 55.9 Å². The Morgan fingerprint density at radius 1 is 0.909 bits per heavy atom. The van der Waals surface area contributed by atoms with Crippen molar-refractivity contribution >= 4 is 23.4 Å². The number of nitrogens with zero attached hydrogens (tertiary/aromatic N) is 3. The Kier molecular flexibility index (Phi) is 9.04. The number of amides is 2. The van der Waals surface area contributed by atoms with E-state index in [0.717, 1.165) is 75.5 Å². The highest BCUT2D eigenvalue weighted by Gasteiger charge is 2.30. The summed E-state index contributed by atoms with van der Waals surface area (Å²) in [4.78, 5) is 32.4. The van der Waals surface area contributed by atoms with E-state index in [1.807, 2.05) is 18.2 Å². The van der Waals surface area contributed by atoms with Crippen LogP contribution in [-0.4, -0.2) is 78.9 Å². The molecule has 3 aliphatic rings. The van der Waals surface area contributed by atoms with Crippen LogP contribution in [0, 0.1) is 5.92 Å². The van der Waals surface area contributed by atoms with Crippen molar-refractivity contribution in [3.8, 4) is 0 Å². The molecule has 0 aromatic heterocycles. The Labute approximate surface area is 203 Å². The molecule has 3 heterocycles. The minimum absolute atomic E-state index is 0.0588. The molecule has 2 amide bonds. The van der Waals surface area contributed by atoms with Crippen molar-refractivity contribution in [2.75, 3.05) is 52.4 Å². The molecule has 7 heteroatoms. The normalized spacial score (nSPS) is 22.2. The highest BCUT2D eigenvalue weighted by molar-refractivity contribution is 6.31. The average Bonchev–Trinajstić information content (AvgIpc) is 3.22. The van der Waals surface area contributed by atoms with Gasteiger partial charge in [0.1, 0.15) is 0 Å². The molecule has 0 radical (unpaired) electrons. The van der Waals surface area contributed by atoms with Crippen molar-refractivity contribution in [3.63, 3.8) is 0 Å². The molecule has 182 valence electrons. The van der Waals surface area contributed by atoms with Gasteiger partial charge in [0.15, 0.2) is 0 Å². The van der Waals surface area contributed by atoms with Gasteiger partial charge in [0.05, 0.1) is 12.6 Å². The van der Waals surface area contributed by atoms with Gasteiger partial charge in [-0.3, -0.25) is 19.4 Å². The summed E-state index contributed by atoms with van der Waals surface area (Å²) in [7, 11) is 0. The monoisotopic (exact) mass is 474 g/mol. The summed E-state index contributed by atoms with van der Waals surface area (Å²) in [5, 5.41) is 3.93. The molecule has 3 aliphatic heterocycles. The zero-order valence-corrected chi connectivity index (χ0v) is 20.6. The Morgan fingerprint density at radius 3 is 2.21 bits per heavy atom. The summed E-state index contributed by atoms with van der Waals surface area (Å²) in [6, 6.07) is 8.08. The van der Waals surface area contributed by atoms with Gasteiger partial charge >= 0.3 is 0 Å². The summed E-state index contributed by atoms with van der Waals surface area (Å²) >= 11 is 6.49. The number of nitrogens with one attached hydrogen (secondary N) is 1. The predicted molar refractivity (Wildman–Crippen MR) is 132 cm³/mol. The second-order valence-electron chi connectivity index (χ2n) is 9.87. The van der Waals surface area contributed by atoms with Gasteiger partial charge in [0.2, 0.25) is 11.8 Å². The van der Waals surface area contributed by atoms with Gasteiger partial charge in [-0.2, -0.15) is 0 Å². The number of rotatable bonds is 7. The molecule has 33 heavy (non-hydrogen) atoms. The molecule has 1 aromatic rings. The van der Waals surface area contributed by atoms with Crippen LogP contribution in [0.4, 0.5) is 0 Å². The number of likely N-dealkylation sites (tertiary alicyclic amines) is 3. The van der Waals surface area contributed by atoms with E-state index < -0.39 is 0 Å². The number of carbonyl (C=O) groups excluding carboxylic acids is 2. The van der Waals surface area contributed by atoms with E-state index in [1.54, 1.807) is 0 Å². The fourth-order valence-corrected chi connectivity index (χ4v) is 5.85. The van der Waals surface area contributed by atoms with E-state index in [1.165, 1.54) is 25.7 Å². The lowest BCUT2D eigenvalue weighted by Crippen LogP contribution is -2.46. The maximum Gasteiger partial charge on any atom is 0.234 e. The molecule has 4 rings (SSSR count). The molecular weight excluding hydrogens is 436 g/mol. The maximum atomic E-state index is 12.9. The number of halogens is 1. The van der Waals surface area contributed by atoms with Crippen LogP contribution in [0.2, 0.25) is 5.02 Å². The van der Waals surface area contributed by atoms with Gasteiger partial charge in [-0.15, -0.1) is 0 Å². The lowest BCUT2D eigenvalue weighted by molar-refractivity contribution is -0.137. The first-order valence-electron chi connectivity index (χ1n) is 12.9. The zero-order chi connectivity index (χ0) is 23.0. The highest BCUT2D eigenvalue weighted by Crippen LogP contribution is 2.29. The van der Waals surface area contributed by atoms with Crippen molar-refractivity contribution in [1.29, 1.82) is 0 Å².